The van der Waals surface area contributed by atoms with Gasteiger partial charge in [0.25, 0.3) is 11.1 Å². The van der Waals surface area contributed by atoms with Gasteiger partial charge in [0.1, 0.15) is 5.75 Å². The number of aromatic nitrogens is 1. The molecule has 0 bridgehead atoms. The van der Waals surface area contributed by atoms with Gasteiger partial charge in [-0.1, -0.05) is 24.3 Å². The summed E-state index contributed by atoms with van der Waals surface area (Å²) in [6.45, 7) is 21.1. The minimum absolute atomic E-state index is 0.0370. The Balaban J connectivity index is 1.12. The van der Waals surface area contributed by atoms with E-state index in [2.05, 4.69) is 0 Å². The van der Waals surface area contributed by atoms with Crippen LogP contribution in [0.3, 0.4) is 0 Å². The van der Waals surface area contributed by atoms with E-state index in [1.807, 2.05) is 48.5 Å². The number of nitrogens with two attached hydrogens (primary N) is 1. The van der Waals surface area contributed by atoms with Gasteiger partial charge < -0.3 is 58.2 Å². The number of fused-ring (bicyclic) bond motifs is 3. The van der Waals surface area contributed by atoms with Crippen molar-refractivity contribution in [2.45, 2.75) is 117 Å². The number of nitrogen functional groups attached to an aromatic ring is 1. The normalized spacial score (nSPS) is 16.6. The standard InChI is InChI=1S/C46H68N2O15/c1-26(48-45(52)38-40(46(48)53)44(51)39-37(41(38)47)42(49)35-13-11-12-14-36(35)43(39)50)17-56-28(3)19-58-30(5)21-60-32(7)23-62-34(9)25-63-33(8)24-61-31(6)22-59-29(4)20-57-27(2)18-55-16-15-54-10/h11-14,26-34,51H,15-25,47H2,1-10H3. The average molecular weight is 889 g/mol. The summed E-state index contributed by atoms with van der Waals surface area (Å²) in [5.74, 6) is -0.738. The highest BCUT2D eigenvalue weighted by atomic mass is 16.6. The van der Waals surface area contributed by atoms with Gasteiger partial charge in [0, 0.05) is 17.9 Å². The van der Waals surface area contributed by atoms with Crippen LogP contribution < -0.4 is 27.7 Å². The lowest BCUT2D eigenvalue weighted by molar-refractivity contribution is -0.110. The number of anilines is 1. The second kappa shape index (κ2) is 25.0. The molecule has 9 atom stereocenters. The number of ether oxygens (including phenoxy) is 10. The first-order valence-electron chi connectivity index (χ1n) is 21.7. The maximum absolute atomic E-state index is 13.6. The molecular weight excluding hydrogens is 821 g/mol. The number of benzene rings is 3. The van der Waals surface area contributed by atoms with Gasteiger partial charge in [0.15, 0.2) is 10.9 Å². The Bertz CT molecular complexity index is 2150. The summed E-state index contributed by atoms with van der Waals surface area (Å²) in [7, 11) is 1.64. The maximum Gasteiger partial charge on any atom is 0.265 e. The topological polar surface area (TPSA) is 212 Å². The third kappa shape index (κ3) is 14.3. The van der Waals surface area contributed by atoms with Crippen LogP contribution in [0.4, 0.5) is 5.69 Å². The fourth-order valence-corrected chi connectivity index (χ4v) is 6.78. The second-order valence-corrected chi connectivity index (χ2v) is 16.5. The fourth-order valence-electron chi connectivity index (χ4n) is 6.78. The van der Waals surface area contributed by atoms with Crippen molar-refractivity contribution in [2.24, 2.45) is 0 Å². The molecule has 3 N–H and O–H groups in total. The molecule has 3 aromatic carbocycles. The molecule has 0 aliphatic heterocycles. The van der Waals surface area contributed by atoms with Gasteiger partial charge in [-0.3, -0.25) is 23.7 Å². The van der Waals surface area contributed by atoms with Gasteiger partial charge in [-0.15, -0.1) is 0 Å². The molecular formula is C46H68N2O15. The number of hydrogen-bond donors (Lipinski definition) is 2. The number of phenols is 1. The zero-order valence-corrected chi connectivity index (χ0v) is 38.5. The van der Waals surface area contributed by atoms with Crippen molar-refractivity contribution in [2.75, 3.05) is 85.5 Å². The van der Waals surface area contributed by atoms with Gasteiger partial charge in [-0.25, -0.2) is 0 Å². The number of hydrogen-bond acceptors (Lipinski definition) is 16. The van der Waals surface area contributed by atoms with Gasteiger partial charge in [0.05, 0.1) is 155 Å². The summed E-state index contributed by atoms with van der Waals surface area (Å²) < 4.78 is 58.6. The molecule has 0 saturated carbocycles. The Hall–Kier alpha value is -3.88. The second-order valence-electron chi connectivity index (χ2n) is 16.5. The van der Waals surface area contributed by atoms with E-state index < -0.39 is 45.3 Å². The third-order valence-electron chi connectivity index (χ3n) is 10.4. The highest BCUT2D eigenvalue weighted by Crippen LogP contribution is 2.34. The predicted molar refractivity (Wildman–Crippen MR) is 241 cm³/mol. The van der Waals surface area contributed by atoms with E-state index in [4.69, 9.17) is 53.1 Å². The number of methoxy groups -OCH3 is 1. The molecule has 4 rings (SSSR count). The molecule has 9 unspecified atom stereocenters. The molecule has 0 fully saturated rings. The van der Waals surface area contributed by atoms with Crippen molar-refractivity contribution in [3.8, 4) is 5.75 Å². The zero-order chi connectivity index (χ0) is 46.4. The van der Waals surface area contributed by atoms with E-state index in [1.165, 1.54) is 12.1 Å². The lowest BCUT2D eigenvalue weighted by atomic mass is 9.97. The molecule has 0 radical (unpaired) electrons. The van der Waals surface area contributed by atoms with E-state index in [0.717, 1.165) is 4.57 Å². The van der Waals surface area contributed by atoms with E-state index in [9.17, 15) is 24.3 Å². The van der Waals surface area contributed by atoms with Crippen molar-refractivity contribution < 1.29 is 52.5 Å². The summed E-state index contributed by atoms with van der Waals surface area (Å²) in [5.41, 5.74) is 3.11. The maximum atomic E-state index is 13.6. The summed E-state index contributed by atoms with van der Waals surface area (Å²) in [4.78, 5) is 53.9. The van der Waals surface area contributed by atoms with E-state index in [1.54, 1.807) is 33.1 Å². The first-order chi connectivity index (χ1) is 30.0. The van der Waals surface area contributed by atoms with Gasteiger partial charge >= 0.3 is 0 Å². The Morgan fingerprint density at radius 1 is 0.492 bits per heavy atom. The highest BCUT2D eigenvalue weighted by Gasteiger charge is 2.28. The molecule has 0 spiro atoms. The Kier molecular flexibility index (Phi) is 20.5. The van der Waals surface area contributed by atoms with Crippen LogP contribution in [-0.4, -0.2) is 138 Å². The van der Waals surface area contributed by atoms with Crippen LogP contribution in [0.2, 0.25) is 0 Å². The minimum Gasteiger partial charge on any atom is -0.506 e. The summed E-state index contributed by atoms with van der Waals surface area (Å²) in [6.07, 6.45) is -1.43. The summed E-state index contributed by atoms with van der Waals surface area (Å²) in [6, 6.07) is 5.33. The molecule has 352 valence electrons. The van der Waals surface area contributed by atoms with Gasteiger partial charge in [-0.05, 0) is 62.3 Å². The molecule has 17 nitrogen and oxygen atoms in total. The average Bonchev–Trinajstić information content (AvgIpc) is 3.54. The molecule has 4 aromatic rings. The Morgan fingerprint density at radius 3 is 1.24 bits per heavy atom. The van der Waals surface area contributed by atoms with E-state index >= 15 is 0 Å². The number of nitrogens with zero attached hydrogens (tertiary/aromatic N) is 1. The molecule has 17 heteroatoms. The molecule has 1 heterocycles. The molecule has 0 saturated heterocycles. The van der Waals surface area contributed by atoms with Crippen molar-refractivity contribution in [3.63, 3.8) is 0 Å². The first-order valence-corrected chi connectivity index (χ1v) is 21.7. The molecule has 1 aromatic heterocycles. The van der Waals surface area contributed by atoms with Gasteiger partial charge in [-0.2, -0.15) is 0 Å². The van der Waals surface area contributed by atoms with E-state index in [-0.39, 0.29) is 88.6 Å². The van der Waals surface area contributed by atoms with Crippen molar-refractivity contribution >= 4 is 38.0 Å². The van der Waals surface area contributed by atoms with Gasteiger partial charge in [0.2, 0.25) is 0 Å². The number of rotatable bonds is 30. The predicted octanol–water partition coefficient (Wildman–Crippen LogP) is 4.02. The van der Waals surface area contributed by atoms with Crippen LogP contribution in [0.15, 0.2) is 43.4 Å². The minimum atomic E-state index is -0.835. The lowest BCUT2D eigenvalue weighted by Crippen LogP contribution is -2.33. The van der Waals surface area contributed by atoms with E-state index in [0.29, 0.717) is 59.5 Å². The van der Waals surface area contributed by atoms with Crippen LogP contribution in [0, 0.1) is 0 Å². The smallest absolute Gasteiger partial charge is 0.265 e. The SMILES string of the molecule is COCCOCC(C)OCC(C)OCC(C)OCC(C)OCC(C)OCC(C)OCC(C)OCC(C)OCC(C)n1c(=O)c2c(N)c3c(=O)c4ccccc4c(=O)c3c(O)c2c1=O. The quantitative estimate of drug-likeness (QED) is 0.0328. The largest absolute Gasteiger partial charge is 0.506 e. The van der Waals surface area contributed by atoms with Crippen LogP contribution >= 0.6 is 0 Å². The molecule has 0 amide bonds. The third-order valence-corrected chi connectivity index (χ3v) is 10.4. The Labute approximate surface area is 368 Å². The molecule has 0 aliphatic carbocycles. The van der Waals surface area contributed by atoms with Crippen molar-refractivity contribution in [3.05, 3.63) is 65.4 Å². The number of phenolic OH excluding ortho intramolecular Hbond substituents is 1. The van der Waals surface area contributed by atoms with Crippen molar-refractivity contribution in [1.82, 2.24) is 4.57 Å². The summed E-state index contributed by atoms with van der Waals surface area (Å²) in [5, 5.41) is 9.98. The highest BCUT2D eigenvalue weighted by molar-refractivity contribution is 6.17. The fraction of sp³-hybridized carbons (Fsp3) is 0.652. The Morgan fingerprint density at radius 2 is 0.841 bits per heavy atom. The van der Waals surface area contributed by atoms with Crippen LogP contribution in [0.5, 0.6) is 5.75 Å². The van der Waals surface area contributed by atoms with Crippen LogP contribution in [0.1, 0.15) is 68.4 Å². The first kappa shape index (κ1) is 51.8. The lowest BCUT2D eigenvalue weighted by Gasteiger charge is -2.23. The van der Waals surface area contributed by atoms with Crippen LogP contribution in [-0.2, 0) is 47.4 Å². The van der Waals surface area contributed by atoms with Crippen LogP contribution in [0.25, 0.3) is 32.3 Å². The van der Waals surface area contributed by atoms with Crippen molar-refractivity contribution in [1.29, 1.82) is 0 Å². The molecule has 63 heavy (non-hydrogen) atoms. The number of aromatic hydroxyl groups is 1. The zero-order valence-electron chi connectivity index (χ0n) is 38.5. The monoisotopic (exact) mass is 888 g/mol. The summed E-state index contributed by atoms with van der Waals surface area (Å²) >= 11 is 0. The molecule has 0 aliphatic rings.